The molecule has 33 heavy (non-hydrogen) atoms. The Kier molecular flexibility index (Phi) is 5.08. The fraction of sp³-hybridized carbons (Fsp3) is 0.125. The molecule has 9 heteroatoms. The molecule has 0 fully saturated rings. The Bertz CT molecular complexity index is 1420. The summed E-state index contributed by atoms with van der Waals surface area (Å²) < 4.78 is 40.7. The van der Waals surface area contributed by atoms with E-state index < -0.39 is 28.9 Å². The topological polar surface area (TPSA) is 78.1 Å². The molecule has 2 heterocycles. The van der Waals surface area contributed by atoms with Gasteiger partial charge in [0.2, 0.25) is 5.91 Å². The summed E-state index contributed by atoms with van der Waals surface area (Å²) in [4.78, 5) is 26.5. The predicted octanol–water partition coefficient (Wildman–Crippen LogP) is 4.32. The quantitative estimate of drug-likeness (QED) is 0.455. The highest BCUT2D eigenvalue weighted by molar-refractivity contribution is 5.96. The van der Waals surface area contributed by atoms with Crippen LogP contribution in [-0.4, -0.2) is 26.9 Å². The number of halogens is 3. The molecule has 166 valence electrons. The number of nitrogens with zero attached hydrogens (tertiary/aromatic N) is 2. The van der Waals surface area contributed by atoms with Gasteiger partial charge in [-0.15, -0.1) is 0 Å². The lowest BCUT2D eigenvalue weighted by atomic mass is 10.0. The number of fused-ring (bicyclic) bond motifs is 2. The number of hydrogen-bond donors (Lipinski definition) is 2. The highest BCUT2D eigenvalue weighted by Gasteiger charge is 2.31. The first-order valence-electron chi connectivity index (χ1n) is 10.2. The van der Waals surface area contributed by atoms with E-state index in [2.05, 4.69) is 15.5 Å². The van der Waals surface area contributed by atoms with Crippen molar-refractivity contribution in [3.05, 3.63) is 94.4 Å². The van der Waals surface area contributed by atoms with E-state index in [1.807, 2.05) is 42.5 Å². The zero-order valence-corrected chi connectivity index (χ0v) is 17.2. The number of nitrogens with one attached hydrogen (secondary N) is 2. The van der Waals surface area contributed by atoms with Crippen LogP contribution in [0.4, 0.5) is 19.0 Å². The number of H-pyrrole nitrogens is 1. The maximum absolute atomic E-state index is 14.0. The number of aromatic nitrogens is 2. The van der Waals surface area contributed by atoms with Crippen LogP contribution < -0.4 is 5.32 Å². The highest BCUT2D eigenvalue weighted by atomic mass is 19.2. The number of benzene rings is 3. The third-order valence-corrected chi connectivity index (χ3v) is 5.61. The molecule has 0 saturated carbocycles. The van der Waals surface area contributed by atoms with Gasteiger partial charge >= 0.3 is 0 Å². The van der Waals surface area contributed by atoms with E-state index in [9.17, 15) is 22.8 Å². The molecule has 6 nitrogen and oxygen atoms in total. The number of anilines is 1. The van der Waals surface area contributed by atoms with E-state index in [1.54, 1.807) is 0 Å². The molecule has 0 bridgehead atoms. The molecule has 2 N–H and O–H groups in total. The van der Waals surface area contributed by atoms with E-state index in [1.165, 1.54) is 4.90 Å². The Morgan fingerprint density at radius 2 is 1.70 bits per heavy atom. The molecule has 0 saturated heterocycles. The molecule has 1 aromatic heterocycles. The van der Waals surface area contributed by atoms with Gasteiger partial charge in [-0.25, -0.2) is 13.2 Å². The minimum atomic E-state index is -1.37. The van der Waals surface area contributed by atoms with Gasteiger partial charge in [0, 0.05) is 11.6 Å². The van der Waals surface area contributed by atoms with Crippen LogP contribution in [-0.2, 0) is 24.3 Å². The van der Waals surface area contributed by atoms with Crippen LogP contribution in [0.2, 0.25) is 0 Å². The average Bonchev–Trinajstić information content (AvgIpc) is 3.38. The zero-order valence-electron chi connectivity index (χ0n) is 17.2. The molecule has 0 spiro atoms. The van der Waals surface area contributed by atoms with Crippen molar-refractivity contribution in [2.45, 2.75) is 19.5 Å². The van der Waals surface area contributed by atoms with E-state index in [0.29, 0.717) is 29.2 Å². The van der Waals surface area contributed by atoms with E-state index in [0.717, 1.165) is 16.3 Å². The Balaban J connectivity index is 1.28. The van der Waals surface area contributed by atoms with Crippen molar-refractivity contribution in [1.82, 2.24) is 15.1 Å². The molecule has 3 aromatic carbocycles. The minimum Gasteiger partial charge on any atom is -0.328 e. The predicted molar refractivity (Wildman–Crippen MR) is 115 cm³/mol. The second-order valence-electron chi connectivity index (χ2n) is 7.84. The minimum absolute atomic E-state index is 0.0364. The smallest absolute Gasteiger partial charge is 0.257 e. The van der Waals surface area contributed by atoms with E-state index in [4.69, 9.17) is 0 Å². The molecule has 0 atom stereocenters. The largest absolute Gasteiger partial charge is 0.328 e. The van der Waals surface area contributed by atoms with Gasteiger partial charge in [0.05, 0.1) is 30.8 Å². The number of carbonyl (C=O) groups is 2. The summed E-state index contributed by atoms with van der Waals surface area (Å²) >= 11 is 0. The molecule has 2 amide bonds. The van der Waals surface area contributed by atoms with Crippen LogP contribution in [0.15, 0.2) is 54.6 Å². The standard InChI is InChI=1S/C24H17F3N4O2/c25-18-10-20(27)19(26)9-16(18)24(33)31-11-17-21(12-31)29-30-23(17)28-22(32)8-13-5-6-14-3-1-2-4-15(14)7-13/h1-7,9-10H,8,11-12H2,(H2,28,29,30,32). The van der Waals surface area contributed by atoms with Gasteiger partial charge in [0.1, 0.15) is 11.6 Å². The van der Waals surface area contributed by atoms with Gasteiger partial charge in [-0.1, -0.05) is 42.5 Å². The summed E-state index contributed by atoms with van der Waals surface area (Å²) in [5, 5.41) is 11.7. The lowest BCUT2D eigenvalue weighted by Crippen LogP contribution is -2.27. The van der Waals surface area contributed by atoms with Gasteiger partial charge in [0.25, 0.3) is 5.91 Å². The first-order chi connectivity index (χ1) is 15.9. The van der Waals surface area contributed by atoms with Gasteiger partial charge in [-0.05, 0) is 22.4 Å². The van der Waals surface area contributed by atoms with Crippen molar-refractivity contribution in [3.63, 3.8) is 0 Å². The fourth-order valence-corrected chi connectivity index (χ4v) is 3.95. The van der Waals surface area contributed by atoms with Crippen LogP contribution in [0, 0.1) is 17.5 Å². The first kappa shape index (κ1) is 20.7. The normalized spacial score (nSPS) is 12.8. The van der Waals surface area contributed by atoms with Crippen molar-refractivity contribution in [1.29, 1.82) is 0 Å². The second-order valence-corrected chi connectivity index (χ2v) is 7.84. The van der Waals surface area contributed by atoms with Crippen LogP contribution >= 0.6 is 0 Å². The van der Waals surface area contributed by atoms with Crippen LogP contribution in [0.25, 0.3) is 10.8 Å². The van der Waals surface area contributed by atoms with Gasteiger partial charge in [0.15, 0.2) is 11.6 Å². The van der Waals surface area contributed by atoms with E-state index >= 15 is 0 Å². The summed E-state index contributed by atoms with van der Waals surface area (Å²) in [6.45, 7) is 0.0817. The molecule has 5 rings (SSSR count). The third-order valence-electron chi connectivity index (χ3n) is 5.61. The molecule has 0 radical (unpaired) electrons. The Labute approximate surface area is 186 Å². The van der Waals surface area contributed by atoms with Crippen molar-refractivity contribution in [2.75, 3.05) is 5.32 Å². The Morgan fingerprint density at radius 1 is 0.939 bits per heavy atom. The number of amides is 2. The lowest BCUT2D eigenvalue weighted by Gasteiger charge is -2.16. The SMILES string of the molecule is O=C(Cc1ccc2ccccc2c1)Nc1[nH]nc2c1CN(C(=O)c1cc(F)c(F)cc1F)C2. The molecule has 1 aliphatic heterocycles. The van der Waals surface area contributed by atoms with Crippen molar-refractivity contribution >= 4 is 28.4 Å². The second kappa shape index (κ2) is 8.09. The van der Waals surface area contributed by atoms with Crippen molar-refractivity contribution in [3.8, 4) is 0 Å². The number of rotatable bonds is 4. The van der Waals surface area contributed by atoms with Crippen molar-refractivity contribution in [2.24, 2.45) is 0 Å². The molecule has 0 aliphatic carbocycles. The summed E-state index contributed by atoms with van der Waals surface area (Å²) in [6.07, 6.45) is 0.140. The summed E-state index contributed by atoms with van der Waals surface area (Å²) in [6, 6.07) is 14.5. The first-order valence-corrected chi connectivity index (χ1v) is 10.2. The molecule has 0 unspecified atom stereocenters. The molecule has 4 aromatic rings. The average molecular weight is 450 g/mol. The molecular formula is C24H17F3N4O2. The fourth-order valence-electron chi connectivity index (χ4n) is 3.95. The monoisotopic (exact) mass is 450 g/mol. The Hall–Kier alpha value is -4.14. The van der Waals surface area contributed by atoms with Gasteiger partial charge in [-0.2, -0.15) is 5.10 Å². The number of aromatic amines is 1. The van der Waals surface area contributed by atoms with Crippen LogP contribution in [0.3, 0.4) is 0 Å². The molecule has 1 aliphatic rings. The lowest BCUT2D eigenvalue weighted by molar-refractivity contribution is -0.115. The summed E-state index contributed by atoms with van der Waals surface area (Å²) in [5.74, 6) is -4.54. The summed E-state index contributed by atoms with van der Waals surface area (Å²) in [5.41, 5.74) is 1.36. The van der Waals surface area contributed by atoms with Crippen LogP contribution in [0.5, 0.6) is 0 Å². The molecular weight excluding hydrogens is 433 g/mol. The third kappa shape index (κ3) is 3.93. The Morgan fingerprint density at radius 3 is 2.52 bits per heavy atom. The van der Waals surface area contributed by atoms with Crippen LogP contribution in [0.1, 0.15) is 27.2 Å². The van der Waals surface area contributed by atoms with Crippen molar-refractivity contribution < 1.29 is 22.8 Å². The maximum atomic E-state index is 14.0. The van der Waals surface area contributed by atoms with Gasteiger partial charge in [-0.3, -0.25) is 14.7 Å². The maximum Gasteiger partial charge on any atom is 0.257 e. The highest BCUT2D eigenvalue weighted by Crippen LogP contribution is 2.29. The summed E-state index contributed by atoms with van der Waals surface area (Å²) in [7, 11) is 0. The number of carbonyl (C=O) groups excluding carboxylic acids is 2. The number of hydrogen-bond acceptors (Lipinski definition) is 3. The van der Waals surface area contributed by atoms with E-state index in [-0.39, 0.29) is 25.4 Å². The van der Waals surface area contributed by atoms with Gasteiger partial charge < -0.3 is 10.2 Å². The zero-order chi connectivity index (χ0) is 23.1.